The second-order valence-electron chi connectivity index (χ2n) is 6.90. The van der Waals surface area contributed by atoms with Gasteiger partial charge in [-0.3, -0.25) is 14.3 Å². The molecule has 158 valence electrons. The van der Waals surface area contributed by atoms with Crippen molar-refractivity contribution >= 4 is 28.7 Å². The average Bonchev–Trinajstić information content (AvgIpc) is 2.75. The monoisotopic (exact) mass is 433 g/mol. The maximum atomic E-state index is 14.0. The van der Waals surface area contributed by atoms with E-state index in [0.717, 1.165) is 56.7 Å². The Labute approximate surface area is 176 Å². The number of ether oxygens (including phenoxy) is 1. The highest BCUT2D eigenvalue weighted by Gasteiger charge is 2.14. The van der Waals surface area contributed by atoms with Crippen molar-refractivity contribution in [2.75, 3.05) is 44.7 Å². The van der Waals surface area contributed by atoms with Crippen molar-refractivity contribution in [3.05, 3.63) is 52.5 Å². The minimum atomic E-state index is -0.710. The molecule has 2 aromatic heterocycles. The zero-order chi connectivity index (χ0) is 21.1. The summed E-state index contributed by atoms with van der Waals surface area (Å²) in [5, 5.41) is 3.84. The first-order valence-corrected chi connectivity index (χ1v) is 10.4. The van der Waals surface area contributed by atoms with Gasteiger partial charge in [0.15, 0.2) is 0 Å². The average molecular weight is 433 g/mol. The van der Waals surface area contributed by atoms with Gasteiger partial charge in [0.25, 0.3) is 5.56 Å². The zero-order valence-corrected chi connectivity index (χ0v) is 17.2. The number of rotatable bonds is 6. The van der Waals surface area contributed by atoms with Gasteiger partial charge in [0.05, 0.1) is 18.1 Å². The normalized spacial score (nSPS) is 14.9. The lowest BCUT2D eigenvalue weighted by atomic mass is 10.3. The van der Waals surface area contributed by atoms with E-state index in [-0.39, 0.29) is 10.5 Å². The Morgan fingerprint density at radius 1 is 1.20 bits per heavy atom. The van der Waals surface area contributed by atoms with Crippen LogP contribution in [0.15, 0.2) is 45.0 Å². The third-order valence-electron chi connectivity index (χ3n) is 4.84. The third kappa shape index (κ3) is 4.61. The van der Waals surface area contributed by atoms with Crippen LogP contribution in [0.2, 0.25) is 0 Å². The van der Waals surface area contributed by atoms with Gasteiger partial charge in [-0.05, 0) is 18.2 Å². The summed E-state index contributed by atoms with van der Waals surface area (Å²) in [4.78, 5) is 24.3. The van der Waals surface area contributed by atoms with E-state index in [1.807, 2.05) is 0 Å². The molecule has 3 aromatic rings. The highest BCUT2D eigenvalue weighted by molar-refractivity contribution is 7.99. The summed E-state index contributed by atoms with van der Waals surface area (Å²) >= 11 is 0.951. The van der Waals surface area contributed by atoms with Crippen molar-refractivity contribution in [3.63, 3.8) is 0 Å². The van der Waals surface area contributed by atoms with Crippen LogP contribution in [0.3, 0.4) is 0 Å². The molecule has 0 saturated carbocycles. The van der Waals surface area contributed by atoms with E-state index in [2.05, 4.69) is 20.2 Å². The number of morpholine rings is 1. The van der Waals surface area contributed by atoms with Gasteiger partial charge in [0.2, 0.25) is 5.95 Å². The Bertz CT molecular complexity index is 1120. The topological polar surface area (TPSA) is 72.3 Å². The van der Waals surface area contributed by atoms with E-state index >= 15 is 0 Å². The number of aromatic nitrogens is 3. The van der Waals surface area contributed by atoms with Crippen molar-refractivity contribution in [3.8, 4) is 0 Å². The second-order valence-corrected chi connectivity index (χ2v) is 7.99. The highest BCUT2D eigenvalue weighted by atomic mass is 32.2. The smallest absolute Gasteiger partial charge is 0.265 e. The van der Waals surface area contributed by atoms with Crippen molar-refractivity contribution in [1.29, 1.82) is 0 Å². The number of benzene rings is 1. The lowest BCUT2D eigenvalue weighted by molar-refractivity contribution is 0.0398. The van der Waals surface area contributed by atoms with E-state index in [1.54, 1.807) is 19.3 Å². The summed E-state index contributed by atoms with van der Waals surface area (Å²) < 4.78 is 33.8. The molecule has 7 nitrogen and oxygen atoms in total. The minimum Gasteiger partial charge on any atom is -0.379 e. The molecule has 4 rings (SSSR count). The van der Waals surface area contributed by atoms with Crippen LogP contribution in [-0.4, -0.2) is 58.8 Å². The Hall–Kier alpha value is -2.56. The van der Waals surface area contributed by atoms with Crippen LogP contribution in [0, 0.1) is 11.6 Å². The number of aryl methyl sites for hydroxylation is 1. The van der Waals surface area contributed by atoms with Gasteiger partial charge < -0.3 is 10.1 Å². The van der Waals surface area contributed by atoms with Crippen molar-refractivity contribution < 1.29 is 13.5 Å². The molecule has 3 heterocycles. The number of halogens is 2. The van der Waals surface area contributed by atoms with Gasteiger partial charge in [0, 0.05) is 55.8 Å². The maximum absolute atomic E-state index is 14.0. The van der Waals surface area contributed by atoms with E-state index < -0.39 is 11.6 Å². The van der Waals surface area contributed by atoms with Crippen LogP contribution in [0.1, 0.15) is 0 Å². The lowest BCUT2D eigenvalue weighted by Crippen LogP contribution is -2.39. The van der Waals surface area contributed by atoms with Crippen LogP contribution in [-0.2, 0) is 11.8 Å². The maximum Gasteiger partial charge on any atom is 0.265 e. The van der Waals surface area contributed by atoms with Crippen LogP contribution in [0.25, 0.3) is 11.0 Å². The molecule has 0 amide bonds. The Kier molecular flexibility index (Phi) is 6.26. The number of pyridine rings is 1. The number of anilines is 1. The van der Waals surface area contributed by atoms with Crippen LogP contribution < -0.4 is 10.9 Å². The molecule has 1 aromatic carbocycles. The summed E-state index contributed by atoms with van der Waals surface area (Å²) in [6.45, 7) is 4.83. The molecule has 30 heavy (non-hydrogen) atoms. The van der Waals surface area contributed by atoms with Crippen LogP contribution >= 0.6 is 11.8 Å². The predicted molar refractivity (Wildman–Crippen MR) is 111 cm³/mol. The molecule has 1 fully saturated rings. The lowest BCUT2D eigenvalue weighted by Gasteiger charge is -2.26. The molecule has 0 unspecified atom stereocenters. The van der Waals surface area contributed by atoms with Gasteiger partial charge >= 0.3 is 0 Å². The largest absolute Gasteiger partial charge is 0.379 e. The molecule has 0 aliphatic carbocycles. The fraction of sp³-hybridized carbons (Fsp3) is 0.350. The molecular weight excluding hydrogens is 412 g/mol. The first kappa shape index (κ1) is 20.7. The molecular formula is C20H21F2N5O2S. The Morgan fingerprint density at radius 2 is 2.00 bits per heavy atom. The third-order valence-corrected chi connectivity index (χ3v) is 5.91. The molecule has 1 aliphatic rings. The summed E-state index contributed by atoms with van der Waals surface area (Å²) in [6.07, 6.45) is 1.63. The summed E-state index contributed by atoms with van der Waals surface area (Å²) in [5.41, 5.74) is 0.169. The number of nitrogens with one attached hydrogen (secondary N) is 1. The quantitative estimate of drug-likeness (QED) is 0.640. The minimum absolute atomic E-state index is 0.176. The first-order chi connectivity index (χ1) is 14.5. The predicted octanol–water partition coefficient (Wildman–Crippen LogP) is 2.50. The molecule has 0 bridgehead atoms. The van der Waals surface area contributed by atoms with Crippen molar-refractivity contribution in [2.24, 2.45) is 7.05 Å². The van der Waals surface area contributed by atoms with E-state index in [9.17, 15) is 13.6 Å². The zero-order valence-electron chi connectivity index (χ0n) is 16.4. The summed E-state index contributed by atoms with van der Waals surface area (Å²) in [6, 6.07) is 4.90. The number of hydrogen-bond acceptors (Lipinski definition) is 7. The molecule has 1 saturated heterocycles. The molecule has 10 heteroatoms. The fourth-order valence-corrected chi connectivity index (χ4v) is 4.14. The standard InChI is InChI=1S/C20H21F2N5O2S/c1-26-18-13(10-17(19(26)28)30-16-3-2-14(21)11-15(16)22)12-24-20(25-18)23-4-5-27-6-8-29-9-7-27/h2-3,10-12H,4-9H2,1H3,(H,23,24,25). The van der Waals surface area contributed by atoms with Gasteiger partial charge in [-0.2, -0.15) is 4.98 Å². The highest BCUT2D eigenvalue weighted by Crippen LogP contribution is 2.29. The fourth-order valence-electron chi connectivity index (χ4n) is 3.20. The Balaban J connectivity index is 1.52. The van der Waals surface area contributed by atoms with Gasteiger partial charge in [-0.15, -0.1) is 0 Å². The number of hydrogen-bond donors (Lipinski definition) is 1. The first-order valence-electron chi connectivity index (χ1n) is 9.55. The van der Waals surface area contributed by atoms with E-state index in [1.165, 1.54) is 10.6 Å². The second kappa shape index (κ2) is 9.07. The molecule has 0 radical (unpaired) electrons. The molecule has 0 atom stereocenters. The SMILES string of the molecule is Cn1c(=O)c(Sc2ccc(F)cc2F)cc2cnc(NCCN3CCOCC3)nc21. The van der Waals surface area contributed by atoms with Gasteiger partial charge in [-0.25, -0.2) is 13.8 Å². The van der Waals surface area contributed by atoms with Crippen molar-refractivity contribution in [2.45, 2.75) is 9.79 Å². The van der Waals surface area contributed by atoms with Crippen LogP contribution in [0.5, 0.6) is 0 Å². The summed E-state index contributed by atoms with van der Waals surface area (Å²) in [5.74, 6) is -0.931. The van der Waals surface area contributed by atoms with Crippen molar-refractivity contribution in [1.82, 2.24) is 19.4 Å². The summed E-state index contributed by atoms with van der Waals surface area (Å²) in [7, 11) is 1.61. The number of nitrogens with zero attached hydrogens (tertiary/aromatic N) is 4. The Morgan fingerprint density at radius 3 is 2.77 bits per heavy atom. The van der Waals surface area contributed by atoms with E-state index in [0.29, 0.717) is 28.4 Å². The molecule has 1 aliphatic heterocycles. The van der Waals surface area contributed by atoms with Crippen LogP contribution in [0.4, 0.5) is 14.7 Å². The van der Waals surface area contributed by atoms with Gasteiger partial charge in [-0.1, -0.05) is 11.8 Å². The van der Waals surface area contributed by atoms with E-state index in [4.69, 9.17) is 4.74 Å². The van der Waals surface area contributed by atoms with Gasteiger partial charge in [0.1, 0.15) is 17.3 Å². The number of fused-ring (bicyclic) bond motifs is 1. The molecule has 1 N–H and O–H groups in total. The molecule has 0 spiro atoms.